The van der Waals surface area contributed by atoms with Crippen molar-refractivity contribution in [3.8, 4) is 0 Å². The van der Waals surface area contributed by atoms with Crippen LogP contribution in [0.2, 0.25) is 0 Å². The van der Waals surface area contributed by atoms with Crippen molar-refractivity contribution < 1.29 is 13.2 Å². The first-order chi connectivity index (χ1) is 8.49. The number of nitrogens with one attached hydrogen (secondary N) is 1. The number of piperazine rings is 1. The van der Waals surface area contributed by atoms with Gasteiger partial charge in [-0.1, -0.05) is 12.8 Å². The van der Waals surface area contributed by atoms with E-state index in [2.05, 4.69) is 5.32 Å². The Bertz CT molecular complexity index is 407. The molecule has 1 heterocycles. The Morgan fingerprint density at radius 3 is 2.53 bits per heavy atom. The molecule has 112 valence electrons. The Labute approximate surface area is 121 Å². The van der Waals surface area contributed by atoms with Gasteiger partial charge in [0, 0.05) is 25.7 Å². The van der Waals surface area contributed by atoms with Crippen molar-refractivity contribution in [2.75, 3.05) is 25.4 Å². The van der Waals surface area contributed by atoms with E-state index in [9.17, 15) is 13.2 Å². The van der Waals surface area contributed by atoms with Gasteiger partial charge in [-0.2, -0.15) is 0 Å². The summed E-state index contributed by atoms with van der Waals surface area (Å²) in [6.07, 6.45) is 3.41. The van der Waals surface area contributed by atoms with Crippen molar-refractivity contribution in [2.24, 2.45) is 0 Å². The SMILES string of the molecule is CC1CN(C(=O)CS(=O)(=O)C2CCCC2)CCN1.Cl. The second kappa shape index (κ2) is 6.90. The molecule has 7 heteroatoms. The average molecular weight is 311 g/mol. The predicted molar refractivity (Wildman–Crippen MR) is 77.3 cm³/mol. The number of sulfone groups is 1. The molecule has 1 amide bonds. The zero-order valence-corrected chi connectivity index (χ0v) is 12.9. The fourth-order valence-electron chi connectivity index (χ4n) is 2.79. The normalized spacial score (nSPS) is 25.1. The van der Waals surface area contributed by atoms with E-state index >= 15 is 0 Å². The molecule has 2 fully saturated rings. The van der Waals surface area contributed by atoms with Gasteiger partial charge in [0.25, 0.3) is 0 Å². The Kier molecular flexibility index (Phi) is 6.08. The molecule has 1 saturated carbocycles. The zero-order chi connectivity index (χ0) is 13.2. The summed E-state index contributed by atoms with van der Waals surface area (Å²) < 4.78 is 24.2. The third kappa shape index (κ3) is 4.33. The molecule has 2 rings (SSSR count). The third-order valence-electron chi connectivity index (χ3n) is 3.86. The van der Waals surface area contributed by atoms with E-state index in [0.29, 0.717) is 13.1 Å². The third-order valence-corrected chi connectivity index (χ3v) is 5.99. The van der Waals surface area contributed by atoms with Gasteiger partial charge in [0.05, 0.1) is 5.25 Å². The van der Waals surface area contributed by atoms with E-state index in [4.69, 9.17) is 0 Å². The van der Waals surface area contributed by atoms with Gasteiger partial charge in [-0.25, -0.2) is 8.42 Å². The first-order valence-electron chi connectivity index (χ1n) is 6.72. The number of nitrogens with zero attached hydrogens (tertiary/aromatic N) is 1. The largest absolute Gasteiger partial charge is 0.339 e. The van der Waals surface area contributed by atoms with Crippen molar-refractivity contribution in [3.05, 3.63) is 0 Å². The zero-order valence-electron chi connectivity index (χ0n) is 11.3. The van der Waals surface area contributed by atoms with Crippen LogP contribution >= 0.6 is 12.4 Å². The van der Waals surface area contributed by atoms with E-state index in [1.165, 1.54) is 0 Å². The minimum absolute atomic E-state index is 0. The van der Waals surface area contributed by atoms with Crippen molar-refractivity contribution in [3.63, 3.8) is 0 Å². The molecular weight excluding hydrogens is 288 g/mol. The number of halogens is 1. The number of hydrogen-bond acceptors (Lipinski definition) is 4. The fraction of sp³-hybridized carbons (Fsp3) is 0.917. The van der Waals surface area contributed by atoms with Crippen LogP contribution in [0.15, 0.2) is 0 Å². The lowest BCUT2D eigenvalue weighted by molar-refractivity contribution is -0.129. The van der Waals surface area contributed by atoms with Crippen molar-refractivity contribution in [1.82, 2.24) is 10.2 Å². The van der Waals surface area contributed by atoms with Gasteiger partial charge in [0.2, 0.25) is 5.91 Å². The van der Waals surface area contributed by atoms with E-state index in [-0.39, 0.29) is 35.4 Å². The van der Waals surface area contributed by atoms with Gasteiger partial charge in [0.15, 0.2) is 9.84 Å². The minimum atomic E-state index is -3.24. The van der Waals surface area contributed by atoms with Gasteiger partial charge < -0.3 is 10.2 Å². The first kappa shape index (κ1) is 16.7. The van der Waals surface area contributed by atoms with Crippen LogP contribution in [0.3, 0.4) is 0 Å². The average Bonchev–Trinajstić information content (AvgIpc) is 2.82. The topological polar surface area (TPSA) is 66.5 Å². The Balaban J connectivity index is 0.00000180. The van der Waals surface area contributed by atoms with Crippen LogP contribution in [0.4, 0.5) is 0 Å². The molecule has 1 saturated heterocycles. The number of amides is 1. The molecule has 0 aromatic heterocycles. The van der Waals surface area contributed by atoms with Gasteiger partial charge in [-0.3, -0.25) is 4.79 Å². The maximum Gasteiger partial charge on any atom is 0.237 e. The van der Waals surface area contributed by atoms with Crippen molar-refractivity contribution in [2.45, 2.75) is 43.9 Å². The van der Waals surface area contributed by atoms with Crippen LogP contribution in [0.5, 0.6) is 0 Å². The molecule has 5 nitrogen and oxygen atoms in total. The van der Waals surface area contributed by atoms with Crippen LogP contribution in [0.25, 0.3) is 0 Å². The molecule has 0 bridgehead atoms. The molecule has 1 aliphatic heterocycles. The fourth-order valence-corrected chi connectivity index (χ4v) is 4.60. The molecule has 0 spiro atoms. The molecule has 19 heavy (non-hydrogen) atoms. The molecule has 0 aromatic carbocycles. The van der Waals surface area contributed by atoms with Crippen LogP contribution in [-0.2, 0) is 14.6 Å². The summed E-state index contributed by atoms with van der Waals surface area (Å²) >= 11 is 0. The second-order valence-electron chi connectivity index (χ2n) is 5.41. The van der Waals surface area contributed by atoms with Crippen LogP contribution in [0, 0.1) is 0 Å². The molecule has 1 aliphatic carbocycles. The minimum Gasteiger partial charge on any atom is -0.339 e. The molecule has 1 unspecified atom stereocenters. The summed E-state index contributed by atoms with van der Waals surface area (Å²) in [5.41, 5.74) is 0. The number of carbonyl (C=O) groups excluding carboxylic acids is 1. The molecular formula is C12H23ClN2O3S. The predicted octanol–water partition coefficient (Wildman–Crippen LogP) is 0.586. The summed E-state index contributed by atoms with van der Waals surface area (Å²) in [5.74, 6) is -0.528. The maximum absolute atomic E-state index is 12.1. The first-order valence-corrected chi connectivity index (χ1v) is 8.43. The van der Waals surface area contributed by atoms with Gasteiger partial charge in [-0.05, 0) is 19.8 Å². The van der Waals surface area contributed by atoms with Crippen molar-refractivity contribution >= 4 is 28.2 Å². The highest BCUT2D eigenvalue weighted by atomic mass is 35.5. The highest BCUT2D eigenvalue weighted by molar-refractivity contribution is 7.92. The lowest BCUT2D eigenvalue weighted by Gasteiger charge is -2.32. The number of rotatable bonds is 3. The molecule has 0 aromatic rings. The summed E-state index contributed by atoms with van der Waals surface area (Å²) in [4.78, 5) is 13.7. The monoisotopic (exact) mass is 310 g/mol. The highest BCUT2D eigenvalue weighted by Gasteiger charge is 2.32. The highest BCUT2D eigenvalue weighted by Crippen LogP contribution is 2.25. The van der Waals surface area contributed by atoms with Crippen molar-refractivity contribution in [1.29, 1.82) is 0 Å². The lowest BCUT2D eigenvalue weighted by atomic mass is 10.2. The second-order valence-corrected chi connectivity index (χ2v) is 7.69. The van der Waals surface area contributed by atoms with E-state index in [0.717, 1.165) is 32.2 Å². The lowest BCUT2D eigenvalue weighted by Crippen LogP contribution is -2.52. The van der Waals surface area contributed by atoms with Crippen LogP contribution < -0.4 is 5.32 Å². The van der Waals surface area contributed by atoms with E-state index in [1.54, 1.807) is 4.90 Å². The van der Waals surface area contributed by atoms with Crippen LogP contribution in [-0.4, -0.2) is 55.9 Å². The summed E-state index contributed by atoms with van der Waals surface area (Å²) in [6.45, 7) is 3.98. The Hall–Kier alpha value is -0.330. The van der Waals surface area contributed by atoms with Crippen LogP contribution in [0.1, 0.15) is 32.6 Å². The standard InChI is InChI=1S/C12H22N2O3S.ClH/c1-10-8-14(7-6-13-10)12(15)9-18(16,17)11-4-2-3-5-11;/h10-11,13H,2-9H2,1H3;1H. The van der Waals surface area contributed by atoms with E-state index in [1.807, 2.05) is 6.92 Å². The van der Waals surface area contributed by atoms with Gasteiger partial charge in [0.1, 0.15) is 5.75 Å². The smallest absolute Gasteiger partial charge is 0.237 e. The van der Waals surface area contributed by atoms with Gasteiger partial charge in [-0.15, -0.1) is 12.4 Å². The molecule has 1 atom stereocenters. The Morgan fingerprint density at radius 2 is 1.95 bits per heavy atom. The number of hydrogen-bond donors (Lipinski definition) is 1. The molecule has 0 radical (unpaired) electrons. The Morgan fingerprint density at radius 1 is 1.32 bits per heavy atom. The quantitative estimate of drug-likeness (QED) is 0.828. The summed E-state index contributed by atoms with van der Waals surface area (Å²) in [7, 11) is -3.24. The van der Waals surface area contributed by atoms with Gasteiger partial charge >= 0.3 is 0 Å². The molecule has 2 aliphatic rings. The summed E-state index contributed by atoms with van der Waals surface area (Å²) in [6, 6.07) is 0.247. The van der Waals surface area contributed by atoms with E-state index < -0.39 is 9.84 Å². The maximum atomic E-state index is 12.1. The number of carbonyl (C=O) groups is 1. The summed E-state index contributed by atoms with van der Waals surface area (Å²) in [5, 5.41) is 2.97. The molecule has 1 N–H and O–H groups in total.